The molecule has 0 amide bonds. The fraction of sp³-hybridized carbons (Fsp3) is 0.571. The van der Waals surface area contributed by atoms with E-state index in [0.717, 1.165) is 5.56 Å². The Morgan fingerprint density at radius 3 is 1.95 bits per heavy atom. The highest BCUT2D eigenvalue weighted by Crippen LogP contribution is 2.43. The van der Waals surface area contributed by atoms with Gasteiger partial charge in [-0.3, -0.25) is 0 Å². The van der Waals surface area contributed by atoms with Crippen molar-refractivity contribution in [3.63, 3.8) is 0 Å². The van der Waals surface area contributed by atoms with Crippen molar-refractivity contribution in [2.24, 2.45) is 5.92 Å². The van der Waals surface area contributed by atoms with Gasteiger partial charge in [0.05, 0.1) is 5.92 Å². The summed E-state index contributed by atoms with van der Waals surface area (Å²) in [4.78, 5) is 0. The number of hydrogen-bond acceptors (Lipinski definition) is 1. The number of hydrogen-bond donors (Lipinski definition) is 0. The summed E-state index contributed by atoms with van der Waals surface area (Å²) in [6.07, 6.45) is -2.91. The monoisotopic (exact) mass is 294 g/mol. The van der Waals surface area contributed by atoms with Gasteiger partial charge in [0.25, 0.3) is 0 Å². The Balaban J connectivity index is 1.94. The topological polar surface area (TPSA) is 9.23 Å². The molecule has 1 saturated carbocycles. The van der Waals surface area contributed by atoms with Gasteiger partial charge in [-0.15, -0.1) is 0 Å². The maximum atomic E-state index is 12.6. The maximum absolute atomic E-state index is 12.6. The first-order valence-electron chi connectivity index (χ1n) is 6.47. The predicted octanol–water partition coefficient (Wildman–Crippen LogP) is 5.12. The first-order valence-corrected chi connectivity index (χ1v) is 6.47. The Morgan fingerprint density at radius 2 is 1.50 bits per heavy atom. The molecule has 1 aromatic rings. The lowest BCUT2D eigenvalue weighted by molar-refractivity contribution is -0.182. The molecular weight excluding hydrogens is 279 g/mol. The van der Waals surface area contributed by atoms with Gasteiger partial charge in [-0.25, -0.2) is 0 Å². The Morgan fingerprint density at radius 1 is 0.950 bits per heavy atom. The van der Waals surface area contributed by atoms with Crippen molar-refractivity contribution in [3.8, 4) is 5.75 Å². The highest BCUT2D eigenvalue weighted by Gasteiger charge is 2.41. The fourth-order valence-electron chi connectivity index (χ4n) is 2.68. The minimum absolute atomic E-state index is 0.0627. The van der Waals surface area contributed by atoms with Crippen LogP contribution in [-0.2, 0) is 0 Å². The van der Waals surface area contributed by atoms with Crippen molar-refractivity contribution < 1.29 is 26.7 Å². The molecule has 0 aromatic heterocycles. The Bertz CT molecular complexity index is 418. The van der Waals surface area contributed by atoms with Gasteiger partial charge in [0.15, 0.2) is 0 Å². The van der Waals surface area contributed by atoms with Gasteiger partial charge < -0.3 is 4.74 Å². The third kappa shape index (κ3) is 3.84. The van der Waals surface area contributed by atoms with Crippen molar-refractivity contribution in [3.05, 3.63) is 29.8 Å². The van der Waals surface area contributed by atoms with Gasteiger partial charge in [-0.2, -0.15) is 22.0 Å². The molecule has 0 radical (unpaired) electrons. The van der Waals surface area contributed by atoms with E-state index in [1.54, 1.807) is 12.1 Å². The first kappa shape index (κ1) is 15.1. The van der Waals surface area contributed by atoms with Crippen LogP contribution >= 0.6 is 0 Å². The van der Waals surface area contributed by atoms with Crippen LogP contribution in [0.4, 0.5) is 22.0 Å². The van der Waals surface area contributed by atoms with E-state index in [1.807, 2.05) is 0 Å². The van der Waals surface area contributed by atoms with Crippen LogP contribution in [0.1, 0.15) is 37.2 Å². The van der Waals surface area contributed by atoms with Gasteiger partial charge in [-0.1, -0.05) is 12.1 Å². The molecule has 0 N–H and O–H groups in total. The van der Waals surface area contributed by atoms with E-state index >= 15 is 0 Å². The van der Waals surface area contributed by atoms with E-state index in [0.29, 0.717) is 12.8 Å². The standard InChI is InChI=1S/C14H15F5O/c15-13(16)20-12-7-3-10(4-8-12)9-1-5-11(6-2-9)14(17,18)19/h3-4,7-9,11,13H,1-2,5-6H2/t9-,11-. The lowest BCUT2D eigenvalue weighted by Gasteiger charge is -2.30. The van der Waals surface area contributed by atoms with Crippen LogP contribution in [0, 0.1) is 5.92 Å². The normalized spacial score (nSPS) is 23.9. The second-order valence-electron chi connectivity index (χ2n) is 5.04. The average molecular weight is 294 g/mol. The van der Waals surface area contributed by atoms with E-state index in [1.165, 1.54) is 12.1 Å². The van der Waals surface area contributed by atoms with Crippen LogP contribution in [-0.4, -0.2) is 12.8 Å². The highest BCUT2D eigenvalue weighted by atomic mass is 19.4. The predicted molar refractivity (Wildman–Crippen MR) is 63.8 cm³/mol. The smallest absolute Gasteiger partial charge is 0.391 e. The minimum Gasteiger partial charge on any atom is -0.435 e. The molecule has 0 atom stereocenters. The summed E-state index contributed by atoms with van der Waals surface area (Å²) in [6.45, 7) is -2.87. The molecule has 0 bridgehead atoms. The van der Waals surface area contributed by atoms with Crippen molar-refractivity contribution in [2.45, 2.75) is 44.4 Å². The molecule has 6 heteroatoms. The van der Waals surface area contributed by atoms with Gasteiger partial charge in [0.1, 0.15) is 5.75 Å². The molecule has 0 aliphatic heterocycles. The number of ether oxygens (including phenoxy) is 1. The SMILES string of the molecule is FC(F)Oc1ccc([C@H]2CC[C@H](C(F)(F)F)CC2)cc1. The molecule has 1 nitrogen and oxygen atoms in total. The van der Waals surface area contributed by atoms with E-state index in [2.05, 4.69) is 4.74 Å². The van der Waals surface area contributed by atoms with Crippen LogP contribution < -0.4 is 4.74 Å². The van der Waals surface area contributed by atoms with Gasteiger partial charge in [0.2, 0.25) is 0 Å². The third-order valence-corrected chi connectivity index (χ3v) is 3.77. The minimum atomic E-state index is -4.11. The zero-order valence-corrected chi connectivity index (χ0v) is 10.7. The van der Waals surface area contributed by atoms with E-state index in [4.69, 9.17) is 0 Å². The molecule has 20 heavy (non-hydrogen) atoms. The first-order chi connectivity index (χ1) is 9.36. The Labute approximate surface area is 113 Å². The summed E-state index contributed by atoms with van der Waals surface area (Å²) in [5, 5.41) is 0. The van der Waals surface area contributed by atoms with Crippen LogP contribution in [0.2, 0.25) is 0 Å². The molecule has 1 aliphatic carbocycles. The van der Waals surface area contributed by atoms with Gasteiger partial charge in [0, 0.05) is 0 Å². The molecule has 0 saturated heterocycles. The molecule has 1 fully saturated rings. The summed E-state index contributed by atoms with van der Waals surface area (Å²) in [7, 11) is 0. The number of rotatable bonds is 3. The van der Waals surface area contributed by atoms with E-state index in [9.17, 15) is 22.0 Å². The van der Waals surface area contributed by atoms with Crippen molar-refractivity contribution >= 4 is 0 Å². The summed E-state index contributed by atoms with van der Waals surface area (Å²) >= 11 is 0. The zero-order valence-electron chi connectivity index (χ0n) is 10.7. The van der Waals surface area contributed by atoms with Gasteiger partial charge >= 0.3 is 12.8 Å². The number of halogens is 5. The van der Waals surface area contributed by atoms with Crippen molar-refractivity contribution in [1.82, 2.24) is 0 Å². The summed E-state index contributed by atoms with van der Waals surface area (Å²) in [5.41, 5.74) is 0.882. The zero-order chi connectivity index (χ0) is 14.8. The number of benzene rings is 1. The molecule has 0 spiro atoms. The van der Waals surface area contributed by atoms with Crippen LogP contribution in [0.3, 0.4) is 0 Å². The summed E-state index contributed by atoms with van der Waals surface area (Å²) < 4.78 is 65.9. The lowest BCUT2D eigenvalue weighted by atomic mass is 9.78. The molecular formula is C14H15F5O. The highest BCUT2D eigenvalue weighted by molar-refractivity contribution is 5.29. The molecule has 0 heterocycles. The van der Waals surface area contributed by atoms with E-state index < -0.39 is 18.7 Å². The molecule has 0 unspecified atom stereocenters. The van der Waals surface area contributed by atoms with Crippen molar-refractivity contribution in [1.29, 1.82) is 0 Å². The fourth-order valence-corrected chi connectivity index (χ4v) is 2.68. The third-order valence-electron chi connectivity index (χ3n) is 3.77. The molecule has 2 rings (SSSR count). The average Bonchev–Trinajstić information content (AvgIpc) is 2.38. The largest absolute Gasteiger partial charge is 0.435 e. The van der Waals surface area contributed by atoms with Crippen LogP contribution in [0.25, 0.3) is 0 Å². The second kappa shape index (κ2) is 5.97. The number of alkyl halides is 5. The Kier molecular flexibility index (Phi) is 4.50. The second-order valence-corrected chi connectivity index (χ2v) is 5.04. The lowest BCUT2D eigenvalue weighted by Crippen LogP contribution is -2.27. The van der Waals surface area contributed by atoms with Gasteiger partial charge in [-0.05, 0) is 49.3 Å². The molecule has 1 aliphatic rings. The van der Waals surface area contributed by atoms with E-state index in [-0.39, 0.29) is 24.5 Å². The quantitative estimate of drug-likeness (QED) is 0.703. The van der Waals surface area contributed by atoms with Crippen LogP contribution in [0.5, 0.6) is 5.75 Å². The maximum Gasteiger partial charge on any atom is 0.391 e. The molecule has 112 valence electrons. The Hall–Kier alpha value is -1.33. The molecule has 1 aromatic carbocycles. The van der Waals surface area contributed by atoms with Crippen molar-refractivity contribution in [2.75, 3.05) is 0 Å². The summed E-state index contributed by atoms with van der Waals surface area (Å²) in [6, 6.07) is 6.15. The van der Waals surface area contributed by atoms with Crippen LogP contribution in [0.15, 0.2) is 24.3 Å². The summed E-state index contributed by atoms with van der Waals surface area (Å²) in [5.74, 6) is -1.08.